The summed E-state index contributed by atoms with van der Waals surface area (Å²) in [5, 5.41) is 10.5. The van der Waals surface area contributed by atoms with Gasteiger partial charge in [0.1, 0.15) is 17.6 Å². The third-order valence-corrected chi connectivity index (χ3v) is 3.73. The Bertz CT molecular complexity index is 652. The van der Waals surface area contributed by atoms with Crippen LogP contribution in [0.1, 0.15) is 11.1 Å². The fourth-order valence-corrected chi connectivity index (χ4v) is 2.59. The maximum atomic E-state index is 8.80. The number of halogens is 3. The SMILES string of the molecule is N#Cc1ccc(Oc2ccc(CBr)c(Cl)c2)cc1Cl. The number of hydrogen-bond donors (Lipinski definition) is 0. The lowest BCUT2D eigenvalue weighted by Crippen LogP contribution is -1.87. The molecule has 2 aromatic rings. The van der Waals surface area contributed by atoms with Crippen LogP contribution in [0.5, 0.6) is 11.5 Å². The minimum atomic E-state index is 0.364. The van der Waals surface area contributed by atoms with Crippen LogP contribution < -0.4 is 4.74 Å². The van der Waals surface area contributed by atoms with Gasteiger partial charge in [0.15, 0.2) is 0 Å². The average Bonchev–Trinajstić information content (AvgIpc) is 2.39. The van der Waals surface area contributed by atoms with Gasteiger partial charge in [-0.25, -0.2) is 0 Å². The fraction of sp³-hybridized carbons (Fsp3) is 0.0714. The van der Waals surface area contributed by atoms with Crippen molar-refractivity contribution in [2.45, 2.75) is 5.33 Å². The van der Waals surface area contributed by atoms with Crippen LogP contribution in [-0.4, -0.2) is 0 Å². The summed E-state index contributed by atoms with van der Waals surface area (Å²) < 4.78 is 5.65. The Balaban J connectivity index is 2.24. The highest BCUT2D eigenvalue weighted by Crippen LogP contribution is 2.30. The predicted molar refractivity (Wildman–Crippen MR) is 80.3 cm³/mol. The van der Waals surface area contributed by atoms with Crippen molar-refractivity contribution in [1.82, 2.24) is 0 Å². The van der Waals surface area contributed by atoms with E-state index in [4.69, 9.17) is 33.2 Å². The Kier molecular flexibility index (Phi) is 4.71. The topological polar surface area (TPSA) is 33.0 Å². The van der Waals surface area contributed by atoms with Gasteiger partial charge >= 0.3 is 0 Å². The Hall–Kier alpha value is -1.21. The first-order valence-electron chi connectivity index (χ1n) is 5.36. The third kappa shape index (κ3) is 3.42. The zero-order valence-corrected chi connectivity index (χ0v) is 12.8. The molecule has 0 aromatic heterocycles. The molecule has 0 amide bonds. The second kappa shape index (κ2) is 6.29. The lowest BCUT2D eigenvalue weighted by Gasteiger charge is -2.08. The van der Waals surface area contributed by atoms with Gasteiger partial charge in [0.05, 0.1) is 10.6 Å². The van der Waals surface area contributed by atoms with E-state index in [1.165, 1.54) is 0 Å². The van der Waals surface area contributed by atoms with Gasteiger partial charge in [-0.05, 0) is 29.8 Å². The average molecular weight is 357 g/mol. The van der Waals surface area contributed by atoms with Crippen molar-refractivity contribution >= 4 is 39.1 Å². The van der Waals surface area contributed by atoms with Crippen molar-refractivity contribution < 1.29 is 4.74 Å². The van der Waals surface area contributed by atoms with Crippen LogP contribution in [0.3, 0.4) is 0 Å². The number of nitrogens with zero attached hydrogens (tertiary/aromatic N) is 1. The van der Waals surface area contributed by atoms with E-state index in [1.54, 1.807) is 24.3 Å². The highest BCUT2D eigenvalue weighted by Gasteiger charge is 2.05. The molecule has 0 saturated heterocycles. The molecule has 0 heterocycles. The number of benzene rings is 2. The summed E-state index contributed by atoms with van der Waals surface area (Å²) in [6.45, 7) is 0. The van der Waals surface area contributed by atoms with Crippen molar-refractivity contribution in [3.05, 3.63) is 57.6 Å². The molecule has 0 spiro atoms. The molecule has 0 radical (unpaired) electrons. The summed E-state index contributed by atoms with van der Waals surface area (Å²) in [4.78, 5) is 0. The first-order chi connectivity index (χ1) is 9.13. The molecule has 0 aliphatic heterocycles. The highest BCUT2D eigenvalue weighted by atomic mass is 79.9. The van der Waals surface area contributed by atoms with Gasteiger partial charge in [0, 0.05) is 16.4 Å². The van der Waals surface area contributed by atoms with Gasteiger partial charge in [-0.15, -0.1) is 0 Å². The third-order valence-electron chi connectivity index (χ3n) is 2.47. The number of alkyl halides is 1. The fourth-order valence-electron chi connectivity index (χ4n) is 1.49. The quantitative estimate of drug-likeness (QED) is 0.675. The second-order valence-electron chi connectivity index (χ2n) is 3.74. The van der Waals surface area contributed by atoms with Crippen molar-refractivity contribution in [1.29, 1.82) is 5.26 Å². The van der Waals surface area contributed by atoms with E-state index < -0.39 is 0 Å². The molecule has 0 aliphatic carbocycles. The molecule has 0 unspecified atom stereocenters. The Morgan fingerprint density at radius 2 is 1.68 bits per heavy atom. The van der Waals surface area contributed by atoms with Gasteiger partial charge in [-0.2, -0.15) is 5.26 Å². The largest absolute Gasteiger partial charge is 0.457 e. The maximum absolute atomic E-state index is 8.80. The van der Waals surface area contributed by atoms with Crippen LogP contribution >= 0.6 is 39.1 Å². The second-order valence-corrected chi connectivity index (χ2v) is 5.12. The molecule has 2 nitrogen and oxygen atoms in total. The van der Waals surface area contributed by atoms with E-state index >= 15 is 0 Å². The van der Waals surface area contributed by atoms with Crippen LogP contribution in [0.4, 0.5) is 0 Å². The summed E-state index contributed by atoms with van der Waals surface area (Å²) >= 11 is 15.4. The van der Waals surface area contributed by atoms with E-state index in [9.17, 15) is 0 Å². The summed E-state index contributed by atoms with van der Waals surface area (Å²) in [6, 6.07) is 12.4. The number of rotatable bonds is 3. The summed E-state index contributed by atoms with van der Waals surface area (Å²) in [7, 11) is 0. The van der Waals surface area contributed by atoms with Crippen LogP contribution in [0, 0.1) is 11.3 Å². The standard InChI is InChI=1S/C14H8BrCl2NO/c15-7-9-1-3-11(5-13(9)16)19-12-4-2-10(8-18)14(17)6-12/h1-6H,7H2. The Labute approximate surface area is 129 Å². The lowest BCUT2D eigenvalue weighted by molar-refractivity contribution is 0.482. The summed E-state index contributed by atoms with van der Waals surface area (Å²) in [5.74, 6) is 1.18. The van der Waals surface area contributed by atoms with E-state index in [2.05, 4.69) is 15.9 Å². The van der Waals surface area contributed by atoms with Gasteiger partial charge in [-0.1, -0.05) is 45.2 Å². The number of hydrogen-bond acceptors (Lipinski definition) is 2. The van der Waals surface area contributed by atoms with Gasteiger partial charge < -0.3 is 4.74 Å². The van der Waals surface area contributed by atoms with Crippen LogP contribution in [-0.2, 0) is 5.33 Å². The normalized spacial score (nSPS) is 10.0. The molecule has 0 atom stereocenters. The Morgan fingerprint density at radius 3 is 2.21 bits per heavy atom. The zero-order chi connectivity index (χ0) is 13.8. The smallest absolute Gasteiger partial charge is 0.129 e. The van der Waals surface area contributed by atoms with E-state index in [0.717, 1.165) is 5.56 Å². The van der Waals surface area contributed by atoms with E-state index in [1.807, 2.05) is 18.2 Å². The minimum Gasteiger partial charge on any atom is -0.457 e. The van der Waals surface area contributed by atoms with E-state index in [-0.39, 0.29) is 0 Å². The summed E-state index contributed by atoms with van der Waals surface area (Å²) in [6.07, 6.45) is 0. The van der Waals surface area contributed by atoms with Crippen molar-refractivity contribution in [3.8, 4) is 17.6 Å². The lowest BCUT2D eigenvalue weighted by atomic mass is 10.2. The molecule has 96 valence electrons. The monoisotopic (exact) mass is 355 g/mol. The molecule has 0 saturated carbocycles. The molecule has 5 heteroatoms. The van der Waals surface area contributed by atoms with Gasteiger partial charge in [-0.3, -0.25) is 0 Å². The van der Waals surface area contributed by atoms with Crippen molar-refractivity contribution in [3.63, 3.8) is 0 Å². The van der Waals surface area contributed by atoms with E-state index in [0.29, 0.717) is 32.4 Å². The molecule has 0 N–H and O–H groups in total. The number of ether oxygens (including phenoxy) is 1. The molecule has 0 aliphatic rings. The first-order valence-corrected chi connectivity index (χ1v) is 7.23. The molecular weight excluding hydrogens is 349 g/mol. The molecule has 2 rings (SSSR count). The Morgan fingerprint density at radius 1 is 1.05 bits per heavy atom. The molecule has 0 bridgehead atoms. The predicted octanol–water partition coefficient (Wildman–Crippen LogP) is 5.55. The molecular formula is C14H8BrCl2NO. The molecule has 2 aromatic carbocycles. The number of nitriles is 1. The van der Waals surface area contributed by atoms with Gasteiger partial charge in [0.25, 0.3) is 0 Å². The maximum Gasteiger partial charge on any atom is 0.129 e. The summed E-state index contributed by atoms with van der Waals surface area (Å²) in [5.41, 5.74) is 1.41. The zero-order valence-electron chi connectivity index (χ0n) is 9.66. The highest BCUT2D eigenvalue weighted by molar-refractivity contribution is 9.08. The first kappa shape index (κ1) is 14.2. The molecule has 0 fully saturated rings. The molecule has 19 heavy (non-hydrogen) atoms. The van der Waals surface area contributed by atoms with Crippen LogP contribution in [0.25, 0.3) is 0 Å². The van der Waals surface area contributed by atoms with Gasteiger partial charge in [0.2, 0.25) is 0 Å². The van der Waals surface area contributed by atoms with Crippen LogP contribution in [0.2, 0.25) is 10.0 Å². The van der Waals surface area contributed by atoms with Crippen molar-refractivity contribution in [2.75, 3.05) is 0 Å². The minimum absolute atomic E-state index is 0.364. The van der Waals surface area contributed by atoms with Crippen molar-refractivity contribution in [2.24, 2.45) is 0 Å². The van der Waals surface area contributed by atoms with Crippen LogP contribution in [0.15, 0.2) is 36.4 Å².